The SMILES string of the molecule is O=C(c1cc(-c2ccc(F)cc2)c[nH]1)N1CC(n2cc(Cn3nccn3)nn2)C1. The number of likely N-dealkylation sites (tertiary alicyclic amines) is 1. The molecule has 1 amide bonds. The van der Waals surface area contributed by atoms with Crippen LogP contribution in [-0.2, 0) is 6.54 Å². The number of carbonyl (C=O) groups excluding carboxylic acids is 1. The number of hydrogen-bond acceptors (Lipinski definition) is 5. The quantitative estimate of drug-likeness (QED) is 0.558. The second-order valence-corrected chi connectivity index (χ2v) is 6.92. The Morgan fingerprint density at radius 3 is 2.66 bits per heavy atom. The Kier molecular flexibility index (Phi) is 4.15. The number of aromatic nitrogens is 7. The first-order valence-corrected chi connectivity index (χ1v) is 9.14. The molecule has 0 spiro atoms. The Labute approximate surface area is 164 Å². The standard InChI is InChI=1S/C19H17FN8O/c20-15-3-1-13(2-4-15)14-7-18(21-8-14)19(29)26-11-17(12-26)27-9-16(24-25-27)10-28-22-5-6-23-28/h1-9,17,21H,10-12H2. The van der Waals surface area contributed by atoms with Crippen LogP contribution in [0.15, 0.2) is 55.1 Å². The normalized spacial score (nSPS) is 14.2. The van der Waals surface area contributed by atoms with Gasteiger partial charge in [0, 0.05) is 19.3 Å². The fourth-order valence-electron chi connectivity index (χ4n) is 3.32. The summed E-state index contributed by atoms with van der Waals surface area (Å²) in [6.45, 7) is 1.58. The predicted octanol–water partition coefficient (Wildman–Crippen LogP) is 1.75. The highest BCUT2D eigenvalue weighted by Crippen LogP contribution is 2.25. The lowest BCUT2D eigenvalue weighted by molar-refractivity contribution is 0.0493. The topological polar surface area (TPSA) is 97.5 Å². The molecule has 0 unspecified atom stereocenters. The van der Waals surface area contributed by atoms with E-state index in [1.54, 1.807) is 46.4 Å². The molecule has 4 heterocycles. The monoisotopic (exact) mass is 392 g/mol. The lowest BCUT2D eigenvalue weighted by Gasteiger charge is -2.38. The zero-order valence-electron chi connectivity index (χ0n) is 15.3. The Balaban J connectivity index is 1.20. The van der Waals surface area contributed by atoms with Crippen LogP contribution in [0.4, 0.5) is 4.39 Å². The molecular formula is C19H17FN8O. The third-order valence-corrected chi connectivity index (χ3v) is 4.94. The first-order chi connectivity index (χ1) is 14.2. The lowest BCUT2D eigenvalue weighted by Crippen LogP contribution is -2.51. The van der Waals surface area contributed by atoms with Crippen molar-refractivity contribution in [3.05, 3.63) is 72.3 Å². The van der Waals surface area contributed by atoms with E-state index >= 15 is 0 Å². The van der Waals surface area contributed by atoms with Crippen LogP contribution in [0.1, 0.15) is 22.2 Å². The molecule has 0 bridgehead atoms. The van der Waals surface area contributed by atoms with Crippen molar-refractivity contribution in [2.45, 2.75) is 12.6 Å². The van der Waals surface area contributed by atoms with Crippen molar-refractivity contribution in [2.24, 2.45) is 0 Å². The van der Waals surface area contributed by atoms with Crippen molar-refractivity contribution in [2.75, 3.05) is 13.1 Å². The maximum atomic E-state index is 13.1. The summed E-state index contributed by atoms with van der Waals surface area (Å²) in [5.74, 6) is -0.361. The maximum Gasteiger partial charge on any atom is 0.270 e. The van der Waals surface area contributed by atoms with Crippen molar-refractivity contribution in [1.29, 1.82) is 0 Å². The Morgan fingerprint density at radius 2 is 1.90 bits per heavy atom. The molecule has 9 nitrogen and oxygen atoms in total. The van der Waals surface area contributed by atoms with E-state index in [0.29, 0.717) is 25.3 Å². The van der Waals surface area contributed by atoms with Crippen molar-refractivity contribution in [3.8, 4) is 11.1 Å². The van der Waals surface area contributed by atoms with E-state index in [9.17, 15) is 9.18 Å². The van der Waals surface area contributed by atoms with Gasteiger partial charge >= 0.3 is 0 Å². The van der Waals surface area contributed by atoms with Gasteiger partial charge in [0.2, 0.25) is 0 Å². The Hall–Kier alpha value is -3.82. The average Bonchev–Trinajstić information content (AvgIpc) is 3.43. The number of rotatable bonds is 5. The van der Waals surface area contributed by atoms with Gasteiger partial charge in [0.25, 0.3) is 5.91 Å². The number of halogens is 1. The molecule has 1 aromatic carbocycles. The Bertz CT molecular complexity index is 1130. The third-order valence-electron chi connectivity index (χ3n) is 4.94. The fourth-order valence-corrected chi connectivity index (χ4v) is 3.32. The second-order valence-electron chi connectivity index (χ2n) is 6.92. The van der Waals surface area contributed by atoms with Crippen LogP contribution in [0.25, 0.3) is 11.1 Å². The molecule has 1 aliphatic heterocycles. The zero-order chi connectivity index (χ0) is 19.8. The van der Waals surface area contributed by atoms with Gasteiger partial charge < -0.3 is 9.88 Å². The molecule has 3 aromatic heterocycles. The van der Waals surface area contributed by atoms with E-state index in [4.69, 9.17) is 0 Å². The molecule has 4 aromatic rings. The van der Waals surface area contributed by atoms with Crippen LogP contribution >= 0.6 is 0 Å². The van der Waals surface area contributed by atoms with E-state index in [2.05, 4.69) is 25.5 Å². The van der Waals surface area contributed by atoms with Crippen LogP contribution in [-0.4, -0.2) is 58.9 Å². The first kappa shape index (κ1) is 17.3. The summed E-state index contributed by atoms with van der Waals surface area (Å²) in [6.07, 6.45) is 6.84. The van der Waals surface area contributed by atoms with E-state index < -0.39 is 0 Å². The van der Waals surface area contributed by atoms with Crippen molar-refractivity contribution >= 4 is 5.91 Å². The van der Waals surface area contributed by atoms with Crippen molar-refractivity contribution in [1.82, 2.24) is 39.9 Å². The maximum absolute atomic E-state index is 13.1. The molecule has 1 N–H and O–H groups in total. The molecule has 1 saturated heterocycles. The van der Waals surface area contributed by atoms with E-state index in [1.165, 1.54) is 16.9 Å². The minimum Gasteiger partial charge on any atom is -0.357 e. The highest BCUT2D eigenvalue weighted by Gasteiger charge is 2.34. The van der Waals surface area contributed by atoms with Gasteiger partial charge in [0.15, 0.2) is 0 Å². The van der Waals surface area contributed by atoms with Gasteiger partial charge in [0.05, 0.1) is 24.6 Å². The van der Waals surface area contributed by atoms with Crippen LogP contribution in [0.2, 0.25) is 0 Å². The van der Waals surface area contributed by atoms with Gasteiger partial charge in [-0.3, -0.25) is 4.79 Å². The molecule has 0 atom stereocenters. The summed E-state index contributed by atoms with van der Waals surface area (Å²) in [6, 6.07) is 8.06. The smallest absolute Gasteiger partial charge is 0.270 e. The molecule has 10 heteroatoms. The van der Waals surface area contributed by atoms with Crippen molar-refractivity contribution in [3.63, 3.8) is 0 Å². The second kappa shape index (κ2) is 6.97. The van der Waals surface area contributed by atoms with Gasteiger partial charge in [-0.1, -0.05) is 17.3 Å². The van der Waals surface area contributed by atoms with E-state index in [1.807, 2.05) is 6.20 Å². The predicted molar refractivity (Wildman–Crippen MR) is 100 cm³/mol. The van der Waals surface area contributed by atoms with E-state index in [-0.39, 0.29) is 17.8 Å². The van der Waals surface area contributed by atoms with Gasteiger partial charge in [-0.15, -0.1) is 5.10 Å². The molecule has 5 rings (SSSR count). The third kappa shape index (κ3) is 3.40. The summed E-state index contributed by atoms with van der Waals surface area (Å²) in [5, 5.41) is 16.4. The van der Waals surface area contributed by atoms with Gasteiger partial charge in [-0.25, -0.2) is 9.07 Å². The first-order valence-electron chi connectivity index (χ1n) is 9.14. The number of carbonyl (C=O) groups is 1. The molecule has 1 fully saturated rings. The molecule has 29 heavy (non-hydrogen) atoms. The molecule has 146 valence electrons. The average molecular weight is 392 g/mol. The number of benzene rings is 1. The summed E-state index contributed by atoms with van der Waals surface area (Å²) in [5.41, 5.74) is 2.97. The van der Waals surface area contributed by atoms with Gasteiger partial charge in [-0.2, -0.15) is 15.0 Å². The highest BCUT2D eigenvalue weighted by molar-refractivity contribution is 5.94. The van der Waals surface area contributed by atoms with Crippen LogP contribution in [0.3, 0.4) is 0 Å². The Morgan fingerprint density at radius 1 is 1.14 bits per heavy atom. The van der Waals surface area contributed by atoms with Gasteiger partial charge in [-0.05, 0) is 29.3 Å². The summed E-state index contributed by atoms with van der Waals surface area (Å²) in [7, 11) is 0. The van der Waals surface area contributed by atoms with E-state index in [0.717, 1.165) is 16.8 Å². The lowest BCUT2D eigenvalue weighted by atomic mass is 10.1. The molecule has 0 aliphatic carbocycles. The number of nitrogens with one attached hydrogen (secondary N) is 1. The van der Waals surface area contributed by atoms with Crippen LogP contribution in [0, 0.1) is 5.82 Å². The number of hydrogen-bond donors (Lipinski definition) is 1. The van der Waals surface area contributed by atoms with Gasteiger partial charge in [0.1, 0.15) is 23.7 Å². The number of nitrogens with zero attached hydrogens (tertiary/aromatic N) is 7. The summed E-state index contributed by atoms with van der Waals surface area (Å²) in [4.78, 5) is 19.0. The number of aromatic amines is 1. The minimum atomic E-state index is -0.288. The summed E-state index contributed by atoms with van der Waals surface area (Å²) >= 11 is 0. The van der Waals surface area contributed by atoms with Crippen molar-refractivity contribution < 1.29 is 9.18 Å². The zero-order valence-corrected chi connectivity index (χ0v) is 15.3. The molecule has 0 saturated carbocycles. The minimum absolute atomic E-state index is 0.0734. The fraction of sp³-hybridized carbons (Fsp3) is 0.211. The number of amides is 1. The van der Waals surface area contributed by atoms with Crippen LogP contribution in [0.5, 0.6) is 0 Å². The number of H-pyrrole nitrogens is 1. The largest absolute Gasteiger partial charge is 0.357 e. The molecular weight excluding hydrogens is 375 g/mol. The van der Waals surface area contributed by atoms with Crippen LogP contribution < -0.4 is 0 Å². The summed E-state index contributed by atoms with van der Waals surface area (Å²) < 4.78 is 14.9. The highest BCUT2D eigenvalue weighted by atomic mass is 19.1. The molecule has 1 aliphatic rings. The molecule has 0 radical (unpaired) electrons.